The van der Waals surface area contributed by atoms with Crippen molar-refractivity contribution in [2.75, 3.05) is 20.1 Å². The van der Waals surface area contributed by atoms with Gasteiger partial charge < -0.3 is 5.32 Å². The third-order valence-electron chi connectivity index (χ3n) is 4.45. The van der Waals surface area contributed by atoms with Crippen LogP contribution in [0.25, 0.3) is 0 Å². The Hall–Kier alpha value is -0.860. The maximum Gasteiger partial charge on any atom is 0.0221 e. The molecule has 1 N–H and O–H groups in total. The molecule has 0 spiro atoms. The highest BCUT2D eigenvalue weighted by Gasteiger charge is 2.29. The number of benzene rings is 1. The lowest BCUT2D eigenvalue weighted by molar-refractivity contribution is 0.150. The smallest absolute Gasteiger partial charge is 0.0221 e. The number of hydrogen-bond acceptors (Lipinski definition) is 2. The summed E-state index contributed by atoms with van der Waals surface area (Å²) in [5.74, 6) is 0. The highest BCUT2D eigenvalue weighted by Crippen LogP contribution is 2.26. The number of fused-ring (bicyclic) bond motifs is 1. The number of hydrogen-bond donors (Lipinski definition) is 1. The first-order chi connectivity index (χ1) is 8.34. The summed E-state index contributed by atoms with van der Waals surface area (Å²) in [6.45, 7) is 2.37. The molecule has 1 unspecified atom stereocenters. The number of likely N-dealkylation sites (N-methyl/N-ethyl adjacent to an activating group) is 1. The Kier molecular flexibility index (Phi) is 3.17. The van der Waals surface area contributed by atoms with Gasteiger partial charge in [-0.05, 0) is 50.4 Å². The molecule has 2 nitrogen and oxygen atoms in total. The van der Waals surface area contributed by atoms with Gasteiger partial charge in [0.25, 0.3) is 0 Å². The zero-order chi connectivity index (χ0) is 11.7. The number of nitrogens with one attached hydrogen (secondary N) is 1. The molecule has 1 heterocycles. The van der Waals surface area contributed by atoms with Gasteiger partial charge in [-0.1, -0.05) is 24.3 Å². The van der Waals surface area contributed by atoms with Crippen LogP contribution in [0.5, 0.6) is 0 Å². The molecular weight excluding hydrogens is 208 g/mol. The quantitative estimate of drug-likeness (QED) is 0.834. The first-order valence-electron chi connectivity index (χ1n) is 6.84. The summed E-state index contributed by atoms with van der Waals surface area (Å²) in [4.78, 5) is 2.62. The van der Waals surface area contributed by atoms with E-state index >= 15 is 0 Å². The summed E-state index contributed by atoms with van der Waals surface area (Å²) in [6, 6.07) is 10.4. The van der Waals surface area contributed by atoms with Crippen LogP contribution < -0.4 is 5.32 Å². The number of piperidine rings is 1. The largest absolute Gasteiger partial charge is 0.315 e. The molecule has 0 saturated carbocycles. The molecule has 0 bridgehead atoms. The number of nitrogens with zero attached hydrogens (tertiary/aromatic N) is 1. The third kappa shape index (κ3) is 2.24. The normalized spacial score (nSPS) is 25.2. The summed E-state index contributed by atoms with van der Waals surface area (Å²) in [6.07, 6.45) is 5.16. The van der Waals surface area contributed by atoms with Crippen molar-refractivity contribution in [2.24, 2.45) is 0 Å². The van der Waals surface area contributed by atoms with Crippen molar-refractivity contribution >= 4 is 0 Å². The zero-order valence-electron chi connectivity index (χ0n) is 10.7. The average Bonchev–Trinajstić information content (AvgIpc) is 2.82. The van der Waals surface area contributed by atoms with Gasteiger partial charge in [-0.2, -0.15) is 0 Å². The average molecular weight is 230 g/mol. The molecule has 0 aromatic heterocycles. The second kappa shape index (κ2) is 4.79. The molecule has 1 aliphatic carbocycles. The predicted octanol–water partition coefficient (Wildman–Crippen LogP) is 1.84. The topological polar surface area (TPSA) is 15.3 Å². The van der Waals surface area contributed by atoms with Crippen LogP contribution in [0.15, 0.2) is 24.3 Å². The van der Waals surface area contributed by atoms with Gasteiger partial charge in [0.1, 0.15) is 0 Å². The van der Waals surface area contributed by atoms with E-state index < -0.39 is 0 Å². The van der Waals surface area contributed by atoms with E-state index in [4.69, 9.17) is 0 Å². The van der Waals surface area contributed by atoms with Gasteiger partial charge in [0, 0.05) is 18.6 Å². The second-order valence-corrected chi connectivity index (χ2v) is 5.50. The maximum atomic E-state index is 3.52. The summed E-state index contributed by atoms with van der Waals surface area (Å²) in [5, 5.41) is 3.52. The molecule has 1 fully saturated rings. The molecular formula is C15H22N2. The third-order valence-corrected chi connectivity index (χ3v) is 4.45. The Balaban J connectivity index is 1.67. The SMILES string of the molecule is CN(C1CCCNC1)C1Cc2ccccc2C1. The van der Waals surface area contributed by atoms with Crippen LogP contribution >= 0.6 is 0 Å². The molecule has 2 aliphatic rings. The first-order valence-corrected chi connectivity index (χ1v) is 6.84. The van der Waals surface area contributed by atoms with E-state index in [-0.39, 0.29) is 0 Å². The molecule has 1 aromatic carbocycles. The maximum absolute atomic E-state index is 3.52. The Bertz CT molecular complexity index is 357. The van der Waals surface area contributed by atoms with Crippen LogP contribution in [0, 0.1) is 0 Å². The Morgan fingerprint density at radius 1 is 1.12 bits per heavy atom. The van der Waals surface area contributed by atoms with Crippen molar-refractivity contribution in [3.8, 4) is 0 Å². The van der Waals surface area contributed by atoms with E-state index in [0.717, 1.165) is 12.1 Å². The van der Waals surface area contributed by atoms with E-state index in [0.29, 0.717) is 0 Å². The van der Waals surface area contributed by atoms with Crippen LogP contribution in [0.4, 0.5) is 0 Å². The van der Waals surface area contributed by atoms with E-state index in [1.807, 2.05) is 0 Å². The molecule has 92 valence electrons. The lowest BCUT2D eigenvalue weighted by Crippen LogP contribution is -2.48. The first kappa shape index (κ1) is 11.2. The van der Waals surface area contributed by atoms with Crippen molar-refractivity contribution < 1.29 is 0 Å². The minimum atomic E-state index is 0.720. The second-order valence-electron chi connectivity index (χ2n) is 5.50. The molecule has 0 radical (unpaired) electrons. The fraction of sp³-hybridized carbons (Fsp3) is 0.600. The molecule has 1 aromatic rings. The van der Waals surface area contributed by atoms with Crippen molar-refractivity contribution in [2.45, 2.75) is 37.8 Å². The Labute approximate surface area is 104 Å². The van der Waals surface area contributed by atoms with Crippen LogP contribution in [0.1, 0.15) is 24.0 Å². The lowest BCUT2D eigenvalue weighted by atomic mass is 10.0. The minimum absolute atomic E-state index is 0.720. The van der Waals surface area contributed by atoms with Crippen molar-refractivity contribution in [1.29, 1.82) is 0 Å². The zero-order valence-corrected chi connectivity index (χ0v) is 10.7. The molecule has 0 amide bonds. The van der Waals surface area contributed by atoms with Gasteiger partial charge in [-0.25, -0.2) is 0 Å². The minimum Gasteiger partial charge on any atom is -0.315 e. The predicted molar refractivity (Wildman–Crippen MR) is 71.3 cm³/mol. The summed E-state index contributed by atoms with van der Waals surface area (Å²) < 4.78 is 0. The Morgan fingerprint density at radius 2 is 1.82 bits per heavy atom. The fourth-order valence-electron chi connectivity index (χ4n) is 3.30. The van der Waals surface area contributed by atoms with Gasteiger partial charge in [0.15, 0.2) is 0 Å². The van der Waals surface area contributed by atoms with Crippen molar-refractivity contribution in [3.63, 3.8) is 0 Å². The van der Waals surface area contributed by atoms with Gasteiger partial charge >= 0.3 is 0 Å². The lowest BCUT2D eigenvalue weighted by Gasteiger charge is -2.35. The van der Waals surface area contributed by atoms with E-state index in [1.165, 1.54) is 38.8 Å². The standard InChI is InChI=1S/C15H22N2/c1-17(14-7-4-8-16-11-14)15-9-12-5-2-3-6-13(12)10-15/h2-3,5-6,14-16H,4,7-11H2,1H3. The summed E-state index contributed by atoms with van der Waals surface area (Å²) in [5.41, 5.74) is 3.13. The van der Waals surface area contributed by atoms with Crippen molar-refractivity contribution in [3.05, 3.63) is 35.4 Å². The summed E-state index contributed by atoms with van der Waals surface area (Å²) in [7, 11) is 2.31. The summed E-state index contributed by atoms with van der Waals surface area (Å²) >= 11 is 0. The van der Waals surface area contributed by atoms with Gasteiger partial charge in [-0.3, -0.25) is 4.90 Å². The molecule has 17 heavy (non-hydrogen) atoms. The van der Waals surface area contributed by atoms with Crippen molar-refractivity contribution in [1.82, 2.24) is 10.2 Å². The molecule has 1 saturated heterocycles. The van der Waals surface area contributed by atoms with Crippen LogP contribution in [-0.2, 0) is 12.8 Å². The van der Waals surface area contributed by atoms with Gasteiger partial charge in [0.05, 0.1) is 0 Å². The molecule has 1 atom stereocenters. The van der Waals surface area contributed by atoms with E-state index in [9.17, 15) is 0 Å². The van der Waals surface area contributed by atoms with E-state index in [2.05, 4.69) is 41.5 Å². The van der Waals surface area contributed by atoms with Gasteiger partial charge in [0.2, 0.25) is 0 Å². The highest BCUT2D eigenvalue weighted by molar-refractivity contribution is 5.33. The van der Waals surface area contributed by atoms with Gasteiger partial charge in [-0.15, -0.1) is 0 Å². The van der Waals surface area contributed by atoms with Crippen LogP contribution in [0.2, 0.25) is 0 Å². The molecule has 2 heteroatoms. The van der Waals surface area contributed by atoms with Crippen LogP contribution in [0.3, 0.4) is 0 Å². The fourth-order valence-corrected chi connectivity index (χ4v) is 3.30. The Morgan fingerprint density at radius 3 is 2.41 bits per heavy atom. The van der Waals surface area contributed by atoms with E-state index in [1.54, 1.807) is 11.1 Å². The number of rotatable bonds is 2. The van der Waals surface area contributed by atoms with Crippen LogP contribution in [-0.4, -0.2) is 37.1 Å². The monoisotopic (exact) mass is 230 g/mol. The molecule has 3 rings (SSSR count). The highest BCUT2D eigenvalue weighted by atomic mass is 15.2. The molecule has 1 aliphatic heterocycles.